The Kier molecular flexibility index (Phi) is 5.67. The highest BCUT2D eigenvalue weighted by Crippen LogP contribution is 2.10. The minimum atomic E-state index is -3.64. The molecule has 126 valence electrons. The topological polar surface area (TPSA) is 113 Å². The summed E-state index contributed by atoms with van der Waals surface area (Å²) < 4.78 is 26.3. The second kappa shape index (κ2) is 7.71. The Morgan fingerprint density at radius 3 is 2.17 bits per heavy atom. The maximum atomic E-state index is 12.0. The third-order valence-corrected chi connectivity index (χ3v) is 4.59. The molecule has 2 aromatic rings. The van der Waals surface area contributed by atoms with E-state index in [2.05, 4.69) is 10.0 Å². The van der Waals surface area contributed by atoms with Crippen molar-refractivity contribution >= 4 is 27.6 Å². The summed E-state index contributed by atoms with van der Waals surface area (Å²) in [5, 5.41) is 11.4. The summed E-state index contributed by atoms with van der Waals surface area (Å²) in [5.41, 5.74) is 0.555. The van der Waals surface area contributed by atoms with Gasteiger partial charge >= 0.3 is 5.97 Å². The first-order valence-electron chi connectivity index (χ1n) is 7.06. The minimum absolute atomic E-state index is 0.0454. The van der Waals surface area contributed by atoms with Crippen molar-refractivity contribution in [3.8, 4) is 0 Å². The Labute approximate surface area is 139 Å². The summed E-state index contributed by atoms with van der Waals surface area (Å²) >= 11 is 0. The summed E-state index contributed by atoms with van der Waals surface area (Å²) in [6.45, 7) is -0.0454. The molecule has 0 saturated carbocycles. The molecular weight excluding hydrogens is 332 g/mol. The van der Waals surface area contributed by atoms with Crippen molar-refractivity contribution in [3.05, 3.63) is 60.2 Å². The van der Waals surface area contributed by atoms with E-state index in [9.17, 15) is 18.0 Å². The van der Waals surface area contributed by atoms with Crippen molar-refractivity contribution in [2.75, 3.05) is 11.9 Å². The number of carboxylic acid groups (broad SMARTS) is 1. The summed E-state index contributed by atoms with van der Waals surface area (Å²) in [7, 11) is -3.64. The number of amides is 1. The highest BCUT2D eigenvalue weighted by Gasteiger charge is 2.13. The Hall–Kier alpha value is -2.71. The molecule has 8 heteroatoms. The molecule has 2 rings (SSSR count). The zero-order valence-corrected chi connectivity index (χ0v) is 13.4. The number of nitrogens with one attached hydrogen (secondary N) is 2. The van der Waals surface area contributed by atoms with Crippen LogP contribution in [0.5, 0.6) is 0 Å². The molecular formula is C16H16N2O5S. The van der Waals surface area contributed by atoms with Crippen LogP contribution in [-0.2, 0) is 14.8 Å². The third kappa shape index (κ3) is 4.90. The van der Waals surface area contributed by atoms with Crippen molar-refractivity contribution < 1.29 is 23.1 Å². The largest absolute Gasteiger partial charge is 0.478 e. The fourth-order valence-corrected chi connectivity index (χ4v) is 2.95. The Morgan fingerprint density at radius 1 is 0.958 bits per heavy atom. The van der Waals surface area contributed by atoms with Gasteiger partial charge in [-0.25, -0.2) is 17.9 Å². The van der Waals surface area contributed by atoms with E-state index in [1.807, 2.05) is 0 Å². The zero-order chi connectivity index (χ0) is 17.6. The van der Waals surface area contributed by atoms with Gasteiger partial charge in [-0.05, 0) is 36.4 Å². The van der Waals surface area contributed by atoms with Crippen molar-refractivity contribution in [2.45, 2.75) is 11.3 Å². The number of hydrogen-bond acceptors (Lipinski definition) is 4. The van der Waals surface area contributed by atoms with Crippen molar-refractivity contribution in [1.29, 1.82) is 0 Å². The van der Waals surface area contributed by atoms with E-state index in [0.29, 0.717) is 5.69 Å². The fourth-order valence-electron chi connectivity index (χ4n) is 1.90. The van der Waals surface area contributed by atoms with Crippen LogP contribution in [0, 0.1) is 0 Å². The number of carbonyl (C=O) groups excluding carboxylic acids is 1. The van der Waals surface area contributed by atoms with Crippen LogP contribution in [0.3, 0.4) is 0 Å². The van der Waals surface area contributed by atoms with Gasteiger partial charge in [0.2, 0.25) is 15.9 Å². The molecule has 1 amide bonds. The lowest BCUT2D eigenvalue weighted by Gasteiger charge is -2.08. The van der Waals surface area contributed by atoms with Crippen LogP contribution in [0.15, 0.2) is 59.5 Å². The highest BCUT2D eigenvalue weighted by molar-refractivity contribution is 7.89. The third-order valence-electron chi connectivity index (χ3n) is 3.11. The van der Waals surface area contributed by atoms with Gasteiger partial charge in [-0.2, -0.15) is 0 Å². The summed E-state index contributed by atoms with van der Waals surface area (Å²) in [4.78, 5) is 22.7. The number of benzene rings is 2. The first-order chi connectivity index (χ1) is 11.4. The standard InChI is InChI=1S/C16H16N2O5S/c19-15(18-13-8-6-12(7-9-13)16(20)21)10-11-17-24(22,23)14-4-2-1-3-5-14/h1-9,17H,10-11H2,(H,18,19)(H,20,21). The molecule has 7 nitrogen and oxygen atoms in total. The number of carboxylic acids is 1. The molecule has 0 aliphatic rings. The predicted octanol–water partition coefficient (Wildman–Crippen LogP) is 1.69. The summed E-state index contributed by atoms with van der Waals surface area (Å²) in [6.07, 6.45) is -0.0489. The maximum absolute atomic E-state index is 12.0. The van der Waals surface area contributed by atoms with Gasteiger partial charge in [0.15, 0.2) is 0 Å². The molecule has 0 fully saturated rings. The lowest BCUT2D eigenvalue weighted by Crippen LogP contribution is -2.27. The highest BCUT2D eigenvalue weighted by atomic mass is 32.2. The fraction of sp³-hybridized carbons (Fsp3) is 0.125. The van der Waals surface area contributed by atoms with Crippen molar-refractivity contribution in [3.63, 3.8) is 0 Å². The smallest absolute Gasteiger partial charge is 0.335 e. The number of anilines is 1. The van der Waals surface area contributed by atoms with E-state index in [1.54, 1.807) is 18.2 Å². The van der Waals surface area contributed by atoms with Crippen molar-refractivity contribution in [1.82, 2.24) is 4.72 Å². The monoisotopic (exact) mass is 348 g/mol. The molecule has 0 heterocycles. The van der Waals surface area contributed by atoms with E-state index in [-0.39, 0.29) is 29.3 Å². The predicted molar refractivity (Wildman–Crippen MR) is 88.3 cm³/mol. The molecule has 24 heavy (non-hydrogen) atoms. The van der Waals surface area contributed by atoms with Crippen LogP contribution in [0.1, 0.15) is 16.8 Å². The molecule has 0 bridgehead atoms. The zero-order valence-electron chi connectivity index (χ0n) is 12.6. The van der Waals surface area contributed by atoms with E-state index in [4.69, 9.17) is 5.11 Å². The van der Waals surface area contributed by atoms with Gasteiger partial charge in [0.05, 0.1) is 10.5 Å². The number of rotatable bonds is 7. The van der Waals surface area contributed by atoms with E-state index in [0.717, 1.165) is 0 Å². The van der Waals surface area contributed by atoms with E-state index < -0.39 is 16.0 Å². The van der Waals surface area contributed by atoms with Gasteiger partial charge < -0.3 is 10.4 Å². The quantitative estimate of drug-likeness (QED) is 0.705. The van der Waals surface area contributed by atoms with Crippen LogP contribution >= 0.6 is 0 Å². The minimum Gasteiger partial charge on any atom is -0.478 e. The SMILES string of the molecule is O=C(CCNS(=O)(=O)c1ccccc1)Nc1ccc(C(=O)O)cc1. The maximum Gasteiger partial charge on any atom is 0.335 e. The van der Waals surface area contributed by atoms with Gasteiger partial charge in [-0.3, -0.25) is 4.79 Å². The van der Waals surface area contributed by atoms with Crippen LogP contribution in [-0.4, -0.2) is 31.9 Å². The van der Waals surface area contributed by atoms with Crippen LogP contribution < -0.4 is 10.0 Å². The first kappa shape index (κ1) is 17.6. The Bertz CT molecular complexity index is 817. The molecule has 0 saturated heterocycles. The average molecular weight is 348 g/mol. The number of sulfonamides is 1. The molecule has 0 atom stereocenters. The van der Waals surface area contributed by atoms with Crippen LogP contribution in [0.2, 0.25) is 0 Å². The normalized spacial score (nSPS) is 11.0. The molecule has 0 unspecified atom stereocenters. The van der Waals surface area contributed by atoms with Gasteiger partial charge in [0, 0.05) is 18.7 Å². The van der Waals surface area contributed by atoms with Gasteiger partial charge in [0.1, 0.15) is 0 Å². The number of hydrogen-bond donors (Lipinski definition) is 3. The molecule has 2 aromatic carbocycles. The summed E-state index contributed by atoms with van der Waals surface area (Å²) in [5.74, 6) is -1.43. The molecule has 0 aliphatic carbocycles. The van der Waals surface area contributed by atoms with E-state index >= 15 is 0 Å². The second-order valence-electron chi connectivity index (χ2n) is 4.89. The first-order valence-corrected chi connectivity index (χ1v) is 8.55. The van der Waals surface area contributed by atoms with Gasteiger partial charge in [0.25, 0.3) is 0 Å². The molecule has 0 spiro atoms. The van der Waals surface area contributed by atoms with Crippen LogP contribution in [0.25, 0.3) is 0 Å². The lowest BCUT2D eigenvalue weighted by molar-refractivity contribution is -0.116. The van der Waals surface area contributed by atoms with Gasteiger partial charge in [-0.15, -0.1) is 0 Å². The molecule has 0 aliphatic heterocycles. The Balaban J connectivity index is 1.84. The number of aromatic carboxylic acids is 1. The van der Waals surface area contributed by atoms with Gasteiger partial charge in [-0.1, -0.05) is 18.2 Å². The lowest BCUT2D eigenvalue weighted by atomic mass is 10.2. The van der Waals surface area contributed by atoms with Crippen molar-refractivity contribution in [2.24, 2.45) is 0 Å². The second-order valence-corrected chi connectivity index (χ2v) is 6.66. The Morgan fingerprint density at radius 2 is 1.58 bits per heavy atom. The molecule has 0 aromatic heterocycles. The summed E-state index contributed by atoms with van der Waals surface area (Å²) in [6, 6.07) is 13.5. The van der Waals surface area contributed by atoms with Crippen LogP contribution in [0.4, 0.5) is 5.69 Å². The average Bonchev–Trinajstić information content (AvgIpc) is 2.56. The van der Waals surface area contributed by atoms with E-state index in [1.165, 1.54) is 36.4 Å². The number of carbonyl (C=O) groups is 2. The molecule has 3 N–H and O–H groups in total. The molecule has 0 radical (unpaired) electrons.